The Bertz CT molecular complexity index is 786. The van der Waals surface area contributed by atoms with Crippen LogP contribution in [0.15, 0.2) is 36.7 Å². The summed E-state index contributed by atoms with van der Waals surface area (Å²) in [6.07, 6.45) is 3.48. The number of carboxylic acids is 1. The molecule has 0 bridgehead atoms. The Kier molecular flexibility index (Phi) is 4.74. The first-order valence-electron chi connectivity index (χ1n) is 8.12. The number of aryl methyl sites for hydroxylation is 1. The van der Waals surface area contributed by atoms with Gasteiger partial charge in [0.15, 0.2) is 0 Å². The Morgan fingerprint density at radius 3 is 2.72 bits per heavy atom. The third-order valence-electron chi connectivity index (χ3n) is 4.59. The second-order valence-corrected chi connectivity index (χ2v) is 6.31. The second kappa shape index (κ2) is 6.96. The fraction of sp³-hybridized carbons (Fsp3) is 0.389. The molecule has 7 heteroatoms. The number of para-hydroxylation sites is 1. The number of rotatable bonds is 5. The van der Waals surface area contributed by atoms with Crippen molar-refractivity contribution in [3.05, 3.63) is 47.8 Å². The molecule has 0 aliphatic carbocycles. The number of carbonyl (C=O) groups excluding carboxylic acids is 1. The number of likely N-dealkylation sites (tertiary alicyclic amines) is 1. The monoisotopic (exact) mass is 343 g/mol. The summed E-state index contributed by atoms with van der Waals surface area (Å²) in [6.45, 7) is 2.56. The molecule has 0 saturated carbocycles. The summed E-state index contributed by atoms with van der Waals surface area (Å²) in [5.74, 6) is -1.33. The van der Waals surface area contributed by atoms with Gasteiger partial charge < -0.3 is 14.7 Å². The Morgan fingerprint density at radius 2 is 2.08 bits per heavy atom. The third-order valence-corrected chi connectivity index (χ3v) is 4.59. The van der Waals surface area contributed by atoms with E-state index >= 15 is 0 Å². The molecule has 0 radical (unpaired) electrons. The number of hydrogen-bond donors (Lipinski definition) is 1. The minimum atomic E-state index is -0.902. The number of hydrogen-bond acceptors (Lipinski definition) is 4. The standard InChI is InChI=1S/C18H21N3O4/c1-12-7-19-21(8-12)11-17(22)20-9-14(15(10-20)18(23)24)13-5-3-4-6-16(13)25-2/h3-8,14-15H,9-11H2,1-2H3,(H,23,24)/t14-,15+/m1/s1. The average Bonchev–Trinajstić information content (AvgIpc) is 3.21. The molecule has 1 aromatic carbocycles. The van der Waals surface area contributed by atoms with Crippen molar-refractivity contribution < 1.29 is 19.4 Å². The first-order chi connectivity index (χ1) is 12.0. The van der Waals surface area contributed by atoms with Gasteiger partial charge in [0.1, 0.15) is 12.3 Å². The Labute approximate surface area is 145 Å². The molecule has 132 valence electrons. The number of benzene rings is 1. The van der Waals surface area contributed by atoms with Crippen LogP contribution in [0.3, 0.4) is 0 Å². The van der Waals surface area contributed by atoms with E-state index in [-0.39, 0.29) is 24.9 Å². The van der Waals surface area contributed by atoms with Gasteiger partial charge in [0.05, 0.1) is 19.2 Å². The molecule has 0 unspecified atom stereocenters. The van der Waals surface area contributed by atoms with Gasteiger partial charge in [-0.25, -0.2) is 0 Å². The van der Waals surface area contributed by atoms with Crippen LogP contribution < -0.4 is 4.74 Å². The van der Waals surface area contributed by atoms with E-state index in [1.807, 2.05) is 31.2 Å². The predicted octanol–water partition coefficient (Wildman–Crippen LogP) is 1.53. The molecule has 2 heterocycles. The average molecular weight is 343 g/mol. The SMILES string of the molecule is COc1ccccc1[C@H]1CN(C(=O)Cn2cc(C)cn2)C[C@@H]1C(=O)O. The maximum absolute atomic E-state index is 12.6. The number of carboxylic acid groups (broad SMARTS) is 1. The Hall–Kier alpha value is -2.83. The molecule has 3 rings (SSSR count). The fourth-order valence-corrected chi connectivity index (χ4v) is 3.34. The van der Waals surface area contributed by atoms with Crippen LogP contribution in [0.25, 0.3) is 0 Å². The van der Waals surface area contributed by atoms with Crippen molar-refractivity contribution >= 4 is 11.9 Å². The highest BCUT2D eigenvalue weighted by Gasteiger charge is 2.41. The van der Waals surface area contributed by atoms with E-state index in [9.17, 15) is 14.7 Å². The van der Waals surface area contributed by atoms with Gasteiger partial charge in [-0.1, -0.05) is 18.2 Å². The van der Waals surface area contributed by atoms with Gasteiger partial charge in [-0.15, -0.1) is 0 Å². The molecule has 1 aliphatic rings. The van der Waals surface area contributed by atoms with Gasteiger partial charge in [-0.3, -0.25) is 14.3 Å². The van der Waals surface area contributed by atoms with Gasteiger partial charge >= 0.3 is 5.97 Å². The van der Waals surface area contributed by atoms with Crippen molar-refractivity contribution in [2.45, 2.75) is 19.4 Å². The molecule has 7 nitrogen and oxygen atoms in total. The summed E-state index contributed by atoms with van der Waals surface area (Å²) in [4.78, 5) is 25.9. The van der Waals surface area contributed by atoms with Crippen LogP contribution in [0.2, 0.25) is 0 Å². The molecular formula is C18H21N3O4. The molecule has 1 aromatic heterocycles. The molecule has 25 heavy (non-hydrogen) atoms. The molecule has 1 amide bonds. The lowest BCUT2D eigenvalue weighted by atomic mass is 9.88. The number of carbonyl (C=O) groups is 2. The first-order valence-corrected chi connectivity index (χ1v) is 8.12. The zero-order valence-electron chi connectivity index (χ0n) is 14.3. The first kappa shape index (κ1) is 17.0. The maximum Gasteiger partial charge on any atom is 0.308 e. The van der Waals surface area contributed by atoms with E-state index in [4.69, 9.17) is 4.74 Å². The van der Waals surface area contributed by atoms with E-state index in [1.54, 1.807) is 29.1 Å². The number of aromatic nitrogens is 2. The van der Waals surface area contributed by atoms with Crippen LogP contribution >= 0.6 is 0 Å². The van der Waals surface area contributed by atoms with Crippen LogP contribution in [0.1, 0.15) is 17.0 Å². The number of methoxy groups -OCH3 is 1. The van der Waals surface area contributed by atoms with Crippen LogP contribution in [-0.4, -0.2) is 51.9 Å². The highest BCUT2D eigenvalue weighted by Crippen LogP contribution is 2.37. The topological polar surface area (TPSA) is 84.7 Å². The van der Waals surface area contributed by atoms with Crippen molar-refractivity contribution in [3.63, 3.8) is 0 Å². The van der Waals surface area contributed by atoms with Gasteiger partial charge in [-0.05, 0) is 24.1 Å². The van der Waals surface area contributed by atoms with Crippen molar-refractivity contribution in [2.24, 2.45) is 5.92 Å². The summed E-state index contributed by atoms with van der Waals surface area (Å²) in [5, 5.41) is 13.7. The number of nitrogens with zero attached hydrogens (tertiary/aromatic N) is 3. The molecular weight excluding hydrogens is 322 g/mol. The van der Waals surface area contributed by atoms with Crippen molar-refractivity contribution in [2.75, 3.05) is 20.2 Å². The van der Waals surface area contributed by atoms with Crippen LogP contribution in [0.5, 0.6) is 5.75 Å². The highest BCUT2D eigenvalue weighted by atomic mass is 16.5. The van der Waals surface area contributed by atoms with Crippen molar-refractivity contribution in [1.82, 2.24) is 14.7 Å². The predicted molar refractivity (Wildman–Crippen MR) is 90.4 cm³/mol. The summed E-state index contributed by atoms with van der Waals surface area (Å²) >= 11 is 0. The molecule has 1 N–H and O–H groups in total. The van der Waals surface area contributed by atoms with E-state index in [0.717, 1.165) is 11.1 Å². The van der Waals surface area contributed by atoms with Crippen molar-refractivity contribution in [3.8, 4) is 5.75 Å². The number of aliphatic carboxylic acids is 1. The summed E-state index contributed by atoms with van der Waals surface area (Å²) < 4.78 is 6.94. The molecule has 1 saturated heterocycles. The summed E-state index contributed by atoms with van der Waals surface area (Å²) in [6, 6.07) is 7.37. The normalized spacial score (nSPS) is 19.8. The summed E-state index contributed by atoms with van der Waals surface area (Å²) in [7, 11) is 1.56. The second-order valence-electron chi connectivity index (χ2n) is 6.31. The fourth-order valence-electron chi connectivity index (χ4n) is 3.34. The number of ether oxygens (including phenoxy) is 1. The van der Waals surface area contributed by atoms with Crippen LogP contribution in [0.4, 0.5) is 0 Å². The molecule has 2 atom stereocenters. The Morgan fingerprint density at radius 1 is 1.32 bits per heavy atom. The molecule has 2 aromatic rings. The minimum Gasteiger partial charge on any atom is -0.496 e. The zero-order valence-corrected chi connectivity index (χ0v) is 14.3. The van der Waals surface area contributed by atoms with Gasteiger partial charge in [-0.2, -0.15) is 5.10 Å². The zero-order chi connectivity index (χ0) is 18.0. The van der Waals surface area contributed by atoms with Crippen molar-refractivity contribution in [1.29, 1.82) is 0 Å². The smallest absolute Gasteiger partial charge is 0.308 e. The van der Waals surface area contributed by atoms with E-state index in [2.05, 4.69) is 5.10 Å². The van der Waals surface area contributed by atoms with E-state index in [1.165, 1.54) is 0 Å². The van der Waals surface area contributed by atoms with Gasteiger partial charge in [0.25, 0.3) is 0 Å². The Balaban J connectivity index is 1.80. The van der Waals surface area contributed by atoms with Gasteiger partial charge in [0.2, 0.25) is 5.91 Å². The van der Waals surface area contributed by atoms with E-state index < -0.39 is 11.9 Å². The third kappa shape index (κ3) is 3.50. The van der Waals surface area contributed by atoms with E-state index in [0.29, 0.717) is 12.3 Å². The largest absolute Gasteiger partial charge is 0.496 e. The number of amides is 1. The molecule has 1 aliphatic heterocycles. The quantitative estimate of drug-likeness (QED) is 0.890. The lowest BCUT2D eigenvalue weighted by molar-refractivity contribution is -0.141. The van der Waals surface area contributed by atoms with Crippen LogP contribution in [-0.2, 0) is 16.1 Å². The maximum atomic E-state index is 12.6. The molecule has 1 fully saturated rings. The lowest BCUT2D eigenvalue weighted by Gasteiger charge is -2.18. The summed E-state index contributed by atoms with van der Waals surface area (Å²) in [5.41, 5.74) is 1.80. The highest BCUT2D eigenvalue weighted by molar-refractivity contribution is 5.79. The lowest BCUT2D eigenvalue weighted by Crippen LogP contribution is -2.33. The minimum absolute atomic E-state index is 0.110. The van der Waals surface area contributed by atoms with Crippen LogP contribution in [0, 0.1) is 12.8 Å². The van der Waals surface area contributed by atoms with Gasteiger partial charge in [0, 0.05) is 25.2 Å². The molecule has 0 spiro atoms.